The summed E-state index contributed by atoms with van der Waals surface area (Å²) in [5.74, 6) is 0.541. The second-order valence-electron chi connectivity index (χ2n) is 6.30. The van der Waals surface area contributed by atoms with Gasteiger partial charge in [-0.25, -0.2) is 19.8 Å². The summed E-state index contributed by atoms with van der Waals surface area (Å²) in [6.07, 6.45) is 0.327. The Morgan fingerprint density at radius 1 is 1.42 bits per heavy atom. The first-order valence-electron chi connectivity index (χ1n) is 8.27. The normalized spacial score (nSPS) is 24.3. The van der Waals surface area contributed by atoms with Gasteiger partial charge in [0.15, 0.2) is 5.03 Å². The summed E-state index contributed by atoms with van der Waals surface area (Å²) in [7, 11) is 0. The van der Waals surface area contributed by atoms with Crippen molar-refractivity contribution in [1.29, 1.82) is 0 Å². The van der Waals surface area contributed by atoms with Crippen molar-refractivity contribution >= 4 is 23.7 Å². The molecule has 0 aromatic heterocycles. The summed E-state index contributed by atoms with van der Waals surface area (Å²) in [5.41, 5.74) is 0. The number of ether oxygens (including phenoxy) is 2. The van der Waals surface area contributed by atoms with E-state index in [-0.39, 0.29) is 24.5 Å². The molecule has 2 unspecified atom stereocenters. The fourth-order valence-electron chi connectivity index (χ4n) is 3.13. The van der Waals surface area contributed by atoms with E-state index in [2.05, 4.69) is 5.10 Å². The van der Waals surface area contributed by atoms with Crippen molar-refractivity contribution in [2.24, 2.45) is 11.0 Å². The molecule has 0 saturated carbocycles. The number of nitrogens with zero attached hydrogens (tertiary/aromatic N) is 4. The van der Waals surface area contributed by atoms with E-state index in [0.29, 0.717) is 30.5 Å². The Hall–Kier alpha value is -2.39. The van der Waals surface area contributed by atoms with E-state index in [1.165, 1.54) is 4.90 Å². The van der Waals surface area contributed by atoms with Gasteiger partial charge in [-0.05, 0) is 37.6 Å². The van der Waals surface area contributed by atoms with Gasteiger partial charge in [0.05, 0.1) is 19.3 Å². The SMILES string of the molecule is CC1CC(CN2CCN(C(=O)Oc3ccc(Cl)cc3)C2=N[N+](=O)[O-])CO1. The van der Waals surface area contributed by atoms with Gasteiger partial charge in [-0.2, -0.15) is 0 Å². The number of amides is 1. The van der Waals surface area contributed by atoms with Gasteiger partial charge in [-0.3, -0.25) is 0 Å². The van der Waals surface area contributed by atoms with Crippen LogP contribution in [0.2, 0.25) is 5.02 Å². The Kier molecular flexibility index (Phi) is 5.58. The van der Waals surface area contributed by atoms with Crippen molar-refractivity contribution < 1.29 is 19.3 Å². The molecule has 10 heteroatoms. The van der Waals surface area contributed by atoms with Gasteiger partial charge < -0.3 is 14.4 Å². The van der Waals surface area contributed by atoms with Gasteiger partial charge >= 0.3 is 6.09 Å². The third kappa shape index (κ3) is 4.41. The lowest BCUT2D eigenvalue weighted by atomic mass is 10.1. The van der Waals surface area contributed by atoms with Crippen LogP contribution in [-0.2, 0) is 4.74 Å². The molecule has 140 valence electrons. The third-order valence-electron chi connectivity index (χ3n) is 4.29. The number of hydrazone groups is 1. The molecule has 9 nitrogen and oxygen atoms in total. The molecule has 2 heterocycles. The van der Waals surface area contributed by atoms with Crippen LogP contribution in [0.1, 0.15) is 13.3 Å². The Morgan fingerprint density at radius 2 is 2.15 bits per heavy atom. The second-order valence-corrected chi connectivity index (χ2v) is 6.74. The van der Waals surface area contributed by atoms with Crippen molar-refractivity contribution in [3.05, 3.63) is 39.4 Å². The van der Waals surface area contributed by atoms with Gasteiger partial charge in [0.2, 0.25) is 0 Å². The topological polar surface area (TPSA) is 97.5 Å². The highest BCUT2D eigenvalue weighted by molar-refractivity contribution is 6.30. The molecule has 1 aromatic carbocycles. The molecule has 26 heavy (non-hydrogen) atoms. The highest BCUT2D eigenvalue weighted by Gasteiger charge is 2.37. The van der Waals surface area contributed by atoms with Crippen LogP contribution in [0.25, 0.3) is 0 Å². The van der Waals surface area contributed by atoms with E-state index < -0.39 is 11.1 Å². The van der Waals surface area contributed by atoms with E-state index in [9.17, 15) is 14.9 Å². The average molecular weight is 383 g/mol. The van der Waals surface area contributed by atoms with E-state index in [4.69, 9.17) is 21.1 Å². The van der Waals surface area contributed by atoms with Crippen LogP contribution in [0.15, 0.2) is 29.4 Å². The summed E-state index contributed by atoms with van der Waals surface area (Å²) in [5, 5.41) is 14.0. The highest BCUT2D eigenvalue weighted by atomic mass is 35.5. The lowest BCUT2D eigenvalue weighted by Gasteiger charge is -2.21. The molecular weight excluding hydrogens is 364 g/mol. The van der Waals surface area contributed by atoms with Crippen LogP contribution in [0.3, 0.4) is 0 Å². The maximum absolute atomic E-state index is 12.4. The summed E-state index contributed by atoms with van der Waals surface area (Å²) < 4.78 is 10.8. The third-order valence-corrected chi connectivity index (χ3v) is 4.54. The number of guanidine groups is 1. The molecular formula is C16H19ClN4O5. The molecule has 2 fully saturated rings. The van der Waals surface area contributed by atoms with Crippen molar-refractivity contribution in [3.8, 4) is 5.75 Å². The monoisotopic (exact) mass is 382 g/mol. The molecule has 1 aromatic rings. The molecule has 2 aliphatic heterocycles. The number of carbonyl (C=O) groups is 1. The molecule has 0 aliphatic carbocycles. The minimum atomic E-state index is -0.802. The van der Waals surface area contributed by atoms with Gasteiger partial charge in [-0.15, -0.1) is 0 Å². The number of rotatable bonds is 4. The van der Waals surface area contributed by atoms with E-state index in [1.54, 1.807) is 29.2 Å². The van der Waals surface area contributed by atoms with Gasteiger partial charge in [-0.1, -0.05) is 11.6 Å². The largest absolute Gasteiger partial charge is 0.422 e. The quantitative estimate of drug-likeness (QED) is 0.586. The standard InChI is InChI=1S/C16H19ClN4O5/c1-11-8-12(10-25-11)9-19-6-7-20(15(19)18-21(23)24)16(22)26-14-4-2-13(17)3-5-14/h2-5,11-12H,6-10H2,1H3. The molecule has 0 radical (unpaired) electrons. The molecule has 3 rings (SSSR count). The van der Waals surface area contributed by atoms with Crippen LogP contribution < -0.4 is 4.74 Å². The first-order chi connectivity index (χ1) is 12.4. The Bertz CT molecular complexity index is 711. The smallest absolute Gasteiger partial charge is 0.410 e. The van der Waals surface area contributed by atoms with Gasteiger partial charge in [0, 0.05) is 24.0 Å². The van der Waals surface area contributed by atoms with Crippen LogP contribution in [-0.4, -0.2) is 59.2 Å². The van der Waals surface area contributed by atoms with Crippen molar-refractivity contribution in [3.63, 3.8) is 0 Å². The minimum Gasteiger partial charge on any atom is -0.410 e. The van der Waals surface area contributed by atoms with Crippen molar-refractivity contribution in [2.45, 2.75) is 19.4 Å². The predicted octanol–water partition coefficient (Wildman–Crippen LogP) is 2.43. The predicted molar refractivity (Wildman–Crippen MR) is 93.7 cm³/mol. The number of hydrogen-bond donors (Lipinski definition) is 0. The molecule has 0 N–H and O–H groups in total. The number of hydrogen-bond acceptors (Lipinski definition) is 5. The van der Waals surface area contributed by atoms with Crippen molar-refractivity contribution in [2.75, 3.05) is 26.2 Å². The summed E-state index contributed by atoms with van der Waals surface area (Å²) >= 11 is 5.80. The molecule has 2 saturated heterocycles. The first-order valence-corrected chi connectivity index (χ1v) is 8.64. The molecule has 2 atom stereocenters. The molecule has 2 aliphatic rings. The lowest BCUT2D eigenvalue weighted by Crippen LogP contribution is -2.41. The fraction of sp³-hybridized carbons (Fsp3) is 0.500. The molecule has 0 spiro atoms. The van der Waals surface area contributed by atoms with E-state index >= 15 is 0 Å². The van der Waals surface area contributed by atoms with Crippen LogP contribution in [0, 0.1) is 16.0 Å². The number of nitro groups is 1. The van der Waals surface area contributed by atoms with Crippen LogP contribution in [0.5, 0.6) is 5.75 Å². The number of benzene rings is 1. The summed E-state index contributed by atoms with van der Waals surface area (Å²) in [6, 6.07) is 6.28. The van der Waals surface area contributed by atoms with E-state index in [0.717, 1.165) is 6.42 Å². The molecule has 1 amide bonds. The summed E-state index contributed by atoms with van der Waals surface area (Å²) in [4.78, 5) is 26.3. The lowest BCUT2D eigenvalue weighted by molar-refractivity contribution is -0.486. The minimum absolute atomic E-state index is 0.00600. The number of halogens is 1. The molecule has 0 bridgehead atoms. The second kappa shape index (κ2) is 7.88. The van der Waals surface area contributed by atoms with Gasteiger partial charge in [0.1, 0.15) is 10.9 Å². The zero-order valence-corrected chi connectivity index (χ0v) is 15.0. The first kappa shape index (κ1) is 18.4. The average Bonchev–Trinajstić information content (AvgIpc) is 3.16. The Balaban J connectivity index is 1.70. The highest BCUT2D eigenvalue weighted by Crippen LogP contribution is 2.23. The zero-order valence-electron chi connectivity index (χ0n) is 14.2. The zero-order chi connectivity index (χ0) is 18.7. The van der Waals surface area contributed by atoms with Crippen LogP contribution in [0.4, 0.5) is 4.79 Å². The van der Waals surface area contributed by atoms with Gasteiger partial charge in [0.25, 0.3) is 5.96 Å². The van der Waals surface area contributed by atoms with E-state index in [1.807, 2.05) is 6.92 Å². The maximum Gasteiger partial charge on any atom is 0.422 e. The summed E-state index contributed by atoms with van der Waals surface area (Å²) in [6.45, 7) is 3.85. The maximum atomic E-state index is 12.4. The fourth-order valence-corrected chi connectivity index (χ4v) is 3.26. The van der Waals surface area contributed by atoms with Crippen molar-refractivity contribution in [1.82, 2.24) is 9.80 Å². The number of carbonyl (C=O) groups excluding carboxylic acids is 1. The van der Waals surface area contributed by atoms with Crippen LogP contribution >= 0.6 is 11.6 Å². The Labute approximate surface area is 155 Å². The Morgan fingerprint density at radius 3 is 2.77 bits per heavy atom.